The van der Waals surface area contributed by atoms with Gasteiger partial charge in [-0.25, -0.2) is 0 Å². The Bertz CT molecular complexity index is 486. The van der Waals surface area contributed by atoms with E-state index in [1.165, 1.54) is 4.90 Å². The highest BCUT2D eigenvalue weighted by atomic mass is 16.3. The fourth-order valence-electron chi connectivity index (χ4n) is 1.60. The standard InChI is InChI=1S/C14H18N2O2/c1-11-8-12(4-3-5-15)10-13(9-11)14(18)16(2)6-7-17/h8-10,17H,5-7,15H2,1-2H3. The van der Waals surface area contributed by atoms with Gasteiger partial charge in [-0.2, -0.15) is 0 Å². The number of rotatable bonds is 3. The molecule has 0 saturated heterocycles. The number of aliphatic hydroxyl groups excluding tert-OH is 1. The largest absolute Gasteiger partial charge is 0.395 e. The van der Waals surface area contributed by atoms with Gasteiger partial charge in [-0.05, 0) is 30.7 Å². The number of benzene rings is 1. The van der Waals surface area contributed by atoms with E-state index in [0.29, 0.717) is 18.7 Å². The molecule has 0 aliphatic heterocycles. The molecule has 0 saturated carbocycles. The van der Waals surface area contributed by atoms with Crippen molar-refractivity contribution in [2.24, 2.45) is 5.73 Å². The summed E-state index contributed by atoms with van der Waals surface area (Å²) in [6.07, 6.45) is 0. The number of amides is 1. The Morgan fingerprint density at radius 1 is 1.44 bits per heavy atom. The molecule has 3 N–H and O–H groups in total. The number of carbonyl (C=O) groups excluding carboxylic acids is 1. The Labute approximate surface area is 107 Å². The van der Waals surface area contributed by atoms with E-state index in [2.05, 4.69) is 11.8 Å². The van der Waals surface area contributed by atoms with Crippen LogP contribution in [0.5, 0.6) is 0 Å². The predicted molar refractivity (Wildman–Crippen MR) is 71.2 cm³/mol. The molecule has 96 valence electrons. The molecule has 4 heteroatoms. The van der Waals surface area contributed by atoms with E-state index in [4.69, 9.17) is 10.8 Å². The average Bonchev–Trinajstić information content (AvgIpc) is 2.35. The SMILES string of the molecule is Cc1cc(C#CCN)cc(C(=O)N(C)CCO)c1. The summed E-state index contributed by atoms with van der Waals surface area (Å²) >= 11 is 0. The molecule has 18 heavy (non-hydrogen) atoms. The van der Waals surface area contributed by atoms with Crippen LogP contribution in [-0.2, 0) is 0 Å². The van der Waals surface area contributed by atoms with Crippen molar-refractivity contribution in [3.05, 3.63) is 34.9 Å². The molecular weight excluding hydrogens is 228 g/mol. The lowest BCUT2D eigenvalue weighted by atomic mass is 10.1. The Kier molecular flexibility index (Phi) is 5.37. The van der Waals surface area contributed by atoms with Crippen molar-refractivity contribution in [1.29, 1.82) is 0 Å². The summed E-state index contributed by atoms with van der Waals surface area (Å²) in [6, 6.07) is 5.46. The minimum atomic E-state index is -0.122. The first kappa shape index (κ1) is 14.2. The smallest absolute Gasteiger partial charge is 0.253 e. The molecule has 0 aliphatic carbocycles. The molecule has 0 aliphatic rings. The van der Waals surface area contributed by atoms with Gasteiger partial charge in [0.2, 0.25) is 0 Å². The van der Waals surface area contributed by atoms with E-state index in [-0.39, 0.29) is 12.5 Å². The van der Waals surface area contributed by atoms with Gasteiger partial charge in [0.05, 0.1) is 13.2 Å². The monoisotopic (exact) mass is 246 g/mol. The van der Waals surface area contributed by atoms with Gasteiger partial charge >= 0.3 is 0 Å². The summed E-state index contributed by atoms with van der Waals surface area (Å²) in [5.41, 5.74) is 7.65. The molecule has 0 spiro atoms. The fraction of sp³-hybridized carbons (Fsp3) is 0.357. The van der Waals surface area contributed by atoms with Crippen LogP contribution in [0.15, 0.2) is 18.2 Å². The number of nitrogens with zero attached hydrogens (tertiary/aromatic N) is 1. The topological polar surface area (TPSA) is 66.6 Å². The number of aryl methyl sites for hydroxylation is 1. The molecule has 0 atom stereocenters. The number of hydrogen-bond donors (Lipinski definition) is 2. The molecule has 0 aromatic heterocycles. The lowest BCUT2D eigenvalue weighted by Crippen LogP contribution is -2.29. The van der Waals surface area contributed by atoms with Gasteiger partial charge in [-0.15, -0.1) is 0 Å². The lowest BCUT2D eigenvalue weighted by Gasteiger charge is -2.16. The molecule has 0 bridgehead atoms. The van der Waals surface area contributed by atoms with Crippen LogP contribution in [0.1, 0.15) is 21.5 Å². The summed E-state index contributed by atoms with van der Waals surface area (Å²) in [6.45, 7) is 2.47. The van der Waals surface area contributed by atoms with E-state index in [0.717, 1.165) is 11.1 Å². The van der Waals surface area contributed by atoms with Crippen molar-refractivity contribution < 1.29 is 9.90 Å². The van der Waals surface area contributed by atoms with Crippen molar-refractivity contribution in [2.45, 2.75) is 6.92 Å². The van der Waals surface area contributed by atoms with Crippen molar-refractivity contribution in [2.75, 3.05) is 26.7 Å². The Hall–Kier alpha value is -1.83. The van der Waals surface area contributed by atoms with Gasteiger partial charge in [0.25, 0.3) is 5.91 Å². The summed E-state index contributed by atoms with van der Waals surface area (Å²) < 4.78 is 0. The zero-order valence-corrected chi connectivity index (χ0v) is 10.7. The maximum atomic E-state index is 12.1. The molecule has 0 radical (unpaired) electrons. The maximum absolute atomic E-state index is 12.1. The van der Waals surface area contributed by atoms with Gasteiger partial charge < -0.3 is 15.7 Å². The summed E-state index contributed by atoms with van der Waals surface area (Å²) in [5, 5.41) is 8.83. The molecule has 1 aromatic carbocycles. The second-order valence-electron chi connectivity index (χ2n) is 4.04. The normalized spacial score (nSPS) is 9.56. The Balaban J connectivity index is 3.02. The number of carbonyl (C=O) groups is 1. The molecule has 1 aromatic rings. The van der Waals surface area contributed by atoms with Crippen molar-refractivity contribution >= 4 is 5.91 Å². The van der Waals surface area contributed by atoms with Crippen LogP contribution in [0, 0.1) is 18.8 Å². The van der Waals surface area contributed by atoms with E-state index < -0.39 is 0 Å². The molecular formula is C14H18N2O2. The van der Waals surface area contributed by atoms with Crippen LogP contribution in [0.25, 0.3) is 0 Å². The van der Waals surface area contributed by atoms with E-state index >= 15 is 0 Å². The van der Waals surface area contributed by atoms with Gasteiger partial charge in [0.15, 0.2) is 0 Å². The first-order valence-corrected chi connectivity index (χ1v) is 5.75. The van der Waals surface area contributed by atoms with E-state index in [9.17, 15) is 4.79 Å². The Morgan fingerprint density at radius 2 is 2.17 bits per heavy atom. The van der Waals surface area contributed by atoms with Crippen LogP contribution in [0.3, 0.4) is 0 Å². The molecule has 0 fully saturated rings. The van der Waals surface area contributed by atoms with Crippen molar-refractivity contribution in [3.8, 4) is 11.8 Å². The molecule has 0 unspecified atom stereocenters. The molecule has 0 heterocycles. The number of aliphatic hydroxyl groups is 1. The molecule has 1 amide bonds. The fourth-order valence-corrected chi connectivity index (χ4v) is 1.60. The second-order valence-corrected chi connectivity index (χ2v) is 4.04. The van der Waals surface area contributed by atoms with Gasteiger partial charge in [0.1, 0.15) is 0 Å². The van der Waals surface area contributed by atoms with Gasteiger partial charge in [-0.3, -0.25) is 4.79 Å². The zero-order chi connectivity index (χ0) is 13.5. The maximum Gasteiger partial charge on any atom is 0.253 e. The minimum Gasteiger partial charge on any atom is -0.395 e. The third-order valence-electron chi connectivity index (χ3n) is 2.44. The van der Waals surface area contributed by atoms with Gasteiger partial charge in [-0.1, -0.05) is 11.8 Å². The summed E-state index contributed by atoms with van der Waals surface area (Å²) in [5.74, 6) is 5.56. The number of hydrogen-bond acceptors (Lipinski definition) is 3. The van der Waals surface area contributed by atoms with E-state index in [1.807, 2.05) is 19.1 Å². The quantitative estimate of drug-likeness (QED) is 0.757. The zero-order valence-electron chi connectivity index (χ0n) is 10.7. The van der Waals surface area contributed by atoms with Crippen LogP contribution < -0.4 is 5.73 Å². The summed E-state index contributed by atoms with van der Waals surface area (Å²) in [7, 11) is 1.66. The lowest BCUT2D eigenvalue weighted by molar-refractivity contribution is 0.0767. The highest BCUT2D eigenvalue weighted by molar-refractivity contribution is 5.94. The predicted octanol–water partition coefficient (Wildman–Crippen LogP) is 0.370. The highest BCUT2D eigenvalue weighted by Crippen LogP contribution is 2.11. The summed E-state index contributed by atoms with van der Waals surface area (Å²) in [4.78, 5) is 13.5. The highest BCUT2D eigenvalue weighted by Gasteiger charge is 2.11. The first-order chi connectivity index (χ1) is 8.58. The van der Waals surface area contributed by atoms with Crippen molar-refractivity contribution in [3.63, 3.8) is 0 Å². The van der Waals surface area contributed by atoms with Crippen LogP contribution in [-0.4, -0.2) is 42.7 Å². The van der Waals surface area contributed by atoms with Crippen LogP contribution >= 0.6 is 0 Å². The third kappa shape index (κ3) is 3.88. The second kappa shape index (κ2) is 6.80. The molecule has 1 rings (SSSR count). The molecule has 4 nitrogen and oxygen atoms in total. The third-order valence-corrected chi connectivity index (χ3v) is 2.44. The van der Waals surface area contributed by atoms with E-state index in [1.54, 1.807) is 13.1 Å². The average molecular weight is 246 g/mol. The van der Waals surface area contributed by atoms with Crippen LogP contribution in [0.2, 0.25) is 0 Å². The number of nitrogens with two attached hydrogens (primary N) is 1. The minimum absolute atomic E-state index is 0.0477. The van der Waals surface area contributed by atoms with Crippen molar-refractivity contribution in [1.82, 2.24) is 4.90 Å². The van der Waals surface area contributed by atoms with Gasteiger partial charge in [0, 0.05) is 24.7 Å². The van der Waals surface area contributed by atoms with Crippen LogP contribution in [0.4, 0.5) is 0 Å². The first-order valence-electron chi connectivity index (χ1n) is 5.75. The Morgan fingerprint density at radius 3 is 2.78 bits per heavy atom. The number of likely N-dealkylation sites (N-methyl/N-ethyl adjacent to an activating group) is 1.